The third-order valence-electron chi connectivity index (χ3n) is 2.79. The minimum atomic E-state index is 0.125. The van der Waals surface area contributed by atoms with Crippen LogP contribution in [0.2, 0.25) is 0 Å². The first kappa shape index (κ1) is 13.5. The fraction of sp³-hybridized carbons (Fsp3) is 0.462. The second-order valence-corrected chi connectivity index (χ2v) is 4.61. The molecule has 0 amide bonds. The second-order valence-electron chi connectivity index (χ2n) is 4.61. The fourth-order valence-electron chi connectivity index (χ4n) is 1.84. The van der Waals surface area contributed by atoms with Gasteiger partial charge in [-0.3, -0.25) is 5.41 Å². The van der Waals surface area contributed by atoms with Gasteiger partial charge >= 0.3 is 0 Å². The van der Waals surface area contributed by atoms with Gasteiger partial charge in [-0.05, 0) is 32.6 Å². The summed E-state index contributed by atoms with van der Waals surface area (Å²) in [5, 5.41) is 7.62. The molecule has 0 aliphatic heterocycles. The van der Waals surface area contributed by atoms with Gasteiger partial charge in [0.15, 0.2) is 0 Å². The Morgan fingerprint density at radius 2 is 1.88 bits per heavy atom. The van der Waals surface area contributed by atoms with Crippen LogP contribution in [0.25, 0.3) is 0 Å². The van der Waals surface area contributed by atoms with Crippen LogP contribution in [0, 0.1) is 12.3 Å². The highest BCUT2D eigenvalue weighted by molar-refractivity contribution is 6.01. The van der Waals surface area contributed by atoms with Crippen molar-refractivity contribution in [1.29, 1.82) is 5.41 Å². The molecule has 4 nitrogen and oxygen atoms in total. The lowest BCUT2D eigenvalue weighted by Gasteiger charge is -2.25. The van der Waals surface area contributed by atoms with Crippen molar-refractivity contribution in [2.75, 3.05) is 39.1 Å². The number of nitrogens with two attached hydrogens (primary N) is 1. The molecular weight excluding hydrogens is 212 g/mol. The van der Waals surface area contributed by atoms with Crippen molar-refractivity contribution >= 4 is 11.5 Å². The summed E-state index contributed by atoms with van der Waals surface area (Å²) < 4.78 is 0. The summed E-state index contributed by atoms with van der Waals surface area (Å²) in [6.07, 6.45) is 0. The SMILES string of the molecule is Cc1cccc(C(=N)N)c1N(C)CCN(C)C. The number of nitrogen functional groups attached to an aromatic ring is 1. The van der Waals surface area contributed by atoms with Crippen LogP contribution in [0.1, 0.15) is 11.1 Å². The van der Waals surface area contributed by atoms with Gasteiger partial charge < -0.3 is 15.5 Å². The quantitative estimate of drug-likeness (QED) is 0.596. The molecule has 0 atom stereocenters. The van der Waals surface area contributed by atoms with Crippen LogP contribution >= 0.6 is 0 Å². The Bertz CT molecular complexity index is 398. The zero-order chi connectivity index (χ0) is 13.0. The second kappa shape index (κ2) is 5.68. The smallest absolute Gasteiger partial charge is 0.124 e. The number of nitrogens with one attached hydrogen (secondary N) is 1. The summed E-state index contributed by atoms with van der Waals surface area (Å²) in [7, 11) is 6.15. The number of benzene rings is 1. The molecule has 0 aromatic heterocycles. The zero-order valence-electron chi connectivity index (χ0n) is 11.1. The molecule has 3 N–H and O–H groups in total. The Labute approximate surface area is 104 Å². The van der Waals surface area contributed by atoms with Gasteiger partial charge in [0.1, 0.15) is 5.84 Å². The standard InChI is InChI=1S/C13H22N4/c1-10-6-5-7-11(13(14)15)12(10)17(4)9-8-16(2)3/h5-7H,8-9H2,1-4H3,(H3,14,15). The summed E-state index contributed by atoms with van der Waals surface area (Å²) in [6.45, 7) is 3.94. The van der Waals surface area contributed by atoms with Crippen LogP contribution in [0.15, 0.2) is 18.2 Å². The molecule has 0 saturated carbocycles. The van der Waals surface area contributed by atoms with Crippen molar-refractivity contribution in [2.24, 2.45) is 5.73 Å². The van der Waals surface area contributed by atoms with E-state index in [2.05, 4.69) is 23.9 Å². The number of likely N-dealkylation sites (N-methyl/N-ethyl adjacent to an activating group) is 2. The predicted molar refractivity (Wildman–Crippen MR) is 74.0 cm³/mol. The fourth-order valence-corrected chi connectivity index (χ4v) is 1.84. The van der Waals surface area contributed by atoms with Gasteiger partial charge in [-0.2, -0.15) is 0 Å². The van der Waals surface area contributed by atoms with Crippen LogP contribution in [0.5, 0.6) is 0 Å². The minimum absolute atomic E-state index is 0.125. The molecule has 1 aromatic carbocycles. The third kappa shape index (κ3) is 3.46. The lowest BCUT2D eigenvalue weighted by molar-refractivity contribution is 0.416. The van der Waals surface area contributed by atoms with E-state index in [0.717, 1.165) is 29.9 Å². The lowest BCUT2D eigenvalue weighted by atomic mass is 10.1. The number of para-hydroxylation sites is 1. The van der Waals surface area contributed by atoms with Gasteiger partial charge in [0.05, 0.1) is 5.69 Å². The molecule has 94 valence electrons. The predicted octanol–water partition coefficient (Wildman–Crippen LogP) is 1.28. The average Bonchev–Trinajstić information content (AvgIpc) is 2.25. The maximum atomic E-state index is 7.62. The Morgan fingerprint density at radius 1 is 1.24 bits per heavy atom. The molecule has 17 heavy (non-hydrogen) atoms. The molecule has 4 heteroatoms. The number of hydrogen-bond acceptors (Lipinski definition) is 3. The van der Waals surface area contributed by atoms with E-state index in [1.165, 1.54) is 0 Å². The Hall–Kier alpha value is -1.55. The van der Waals surface area contributed by atoms with E-state index in [-0.39, 0.29) is 5.84 Å². The highest BCUT2D eigenvalue weighted by Crippen LogP contribution is 2.23. The largest absolute Gasteiger partial charge is 0.384 e. The van der Waals surface area contributed by atoms with Crippen molar-refractivity contribution in [1.82, 2.24) is 4.90 Å². The van der Waals surface area contributed by atoms with Gasteiger partial charge in [-0.1, -0.05) is 12.1 Å². The summed E-state index contributed by atoms with van der Waals surface area (Å²) in [6, 6.07) is 5.89. The number of hydrogen-bond donors (Lipinski definition) is 2. The maximum Gasteiger partial charge on any atom is 0.124 e. The van der Waals surface area contributed by atoms with E-state index >= 15 is 0 Å². The number of aryl methyl sites for hydroxylation is 1. The van der Waals surface area contributed by atoms with E-state index in [4.69, 9.17) is 11.1 Å². The van der Waals surface area contributed by atoms with E-state index in [9.17, 15) is 0 Å². The summed E-state index contributed by atoms with van der Waals surface area (Å²) in [4.78, 5) is 4.30. The van der Waals surface area contributed by atoms with Crippen LogP contribution in [-0.4, -0.2) is 45.0 Å². The van der Waals surface area contributed by atoms with Gasteiger partial charge in [-0.25, -0.2) is 0 Å². The monoisotopic (exact) mass is 234 g/mol. The van der Waals surface area contributed by atoms with Crippen molar-refractivity contribution in [3.05, 3.63) is 29.3 Å². The van der Waals surface area contributed by atoms with Crippen LogP contribution < -0.4 is 10.6 Å². The van der Waals surface area contributed by atoms with Crippen molar-refractivity contribution in [3.63, 3.8) is 0 Å². The van der Waals surface area contributed by atoms with Crippen LogP contribution in [0.4, 0.5) is 5.69 Å². The van der Waals surface area contributed by atoms with Gasteiger partial charge in [0.25, 0.3) is 0 Å². The Balaban J connectivity index is 2.98. The van der Waals surface area contributed by atoms with Crippen LogP contribution in [-0.2, 0) is 0 Å². The number of amidine groups is 1. The summed E-state index contributed by atoms with van der Waals surface area (Å²) >= 11 is 0. The molecule has 0 aliphatic carbocycles. The first-order chi connectivity index (χ1) is 7.93. The van der Waals surface area contributed by atoms with E-state index < -0.39 is 0 Å². The molecule has 0 bridgehead atoms. The highest BCUT2D eigenvalue weighted by Gasteiger charge is 2.12. The summed E-state index contributed by atoms with van der Waals surface area (Å²) in [5.74, 6) is 0.125. The molecular formula is C13H22N4. The molecule has 0 fully saturated rings. The number of anilines is 1. The first-order valence-electron chi connectivity index (χ1n) is 5.73. The van der Waals surface area contributed by atoms with E-state index in [0.29, 0.717) is 0 Å². The molecule has 0 heterocycles. The topological polar surface area (TPSA) is 56.4 Å². The molecule has 0 unspecified atom stereocenters. The van der Waals surface area contributed by atoms with Crippen molar-refractivity contribution < 1.29 is 0 Å². The number of nitrogens with zero attached hydrogens (tertiary/aromatic N) is 2. The normalized spacial score (nSPS) is 10.6. The molecule has 1 aromatic rings. The molecule has 0 saturated heterocycles. The summed E-state index contributed by atoms with van der Waals surface area (Å²) in [5.41, 5.74) is 8.64. The average molecular weight is 234 g/mol. The molecule has 0 aliphatic rings. The Morgan fingerprint density at radius 3 is 2.41 bits per heavy atom. The van der Waals surface area contributed by atoms with E-state index in [1.54, 1.807) is 0 Å². The lowest BCUT2D eigenvalue weighted by Crippen LogP contribution is -2.30. The number of rotatable bonds is 5. The van der Waals surface area contributed by atoms with Crippen molar-refractivity contribution in [2.45, 2.75) is 6.92 Å². The van der Waals surface area contributed by atoms with Gasteiger partial charge in [0, 0.05) is 25.7 Å². The maximum absolute atomic E-state index is 7.62. The zero-order valence-corrected chi connectivity index (χ0v) is 11.1. The molecule has 0 spiro atoms. The van der Waals surface area contributed by atoms with E-state index in [1.807, 2.05) is 32.2 Å². The van der Waals surface area contributed by atoms with Gasteiger partial charge in [0.2, 0.25) is 0 Å². The highest BCUT2D eigenvalue weighted by atomic mass is 15.2. The third-order valence-corrected chi connectivity index (χ3v) is 2.79. The van der Waals surface area contributed by atoms with Crippen LogP contribution in [0.3, 0.4) is 0 Å². The van der Waals surface area contributed by atoms with Crippen molar-refractivity contribution in [3.8, 4) is 0 Å². The first-order valence-corrected chi connectivity index (χ1v) is 5.73. The Kier molecular flexibility index (Phi) is 4.52. The molecule has 1 rings (SSSR count). The molecule has 0 radical (unpaired) electrons. The van der Waals surface area contributed by atoms with Gasteiger partial charge in [-0.15, -0.1) is 0 Å². The minimum Gasteiger partial charge on any atom is -0.384 e.